The molecule has 3 aliphatic rings. The summed E-state index contributed by atoms with van der Waals surface area (Å²) < 4.78 is 5.53. The summed E-state index contributed by atoms with van der Waals surface area (Å²) in [7, 11) is 0. The molecule has 2 aromatic rings. The Hall–Kier alpha value is -2.41. The van der Waals surface area contributed by atoms with Crippen LogP contribution in [0.25, 0.3) is 0 Å². The van der Waals surface area contributed by atoms with Crippen molar-refractivity contribution in [2.24, 2.45) is 0 Å². The second-order valence-electron chi connectivity index (χ2n) is 8.56. The van der Waals surface area contributed by atoms with Crippen LogP contribution in [0.1, 0.15) is 30.0 Å². The number of carbonyl (C=O) groups excluding carboxylic acids is 1. The summed E-state index contributed by atoms with van der Waals surface area (Å²) in [6.07, 6.45) is 1.08. The average Bonchev–Trinajstić information content (AvgIpc) is 3.03. The number of likely N-dealkylation sites (tertiary alicyclic amines) is 1. The van der Waals surface area contributed by atoms with Gasteiger partial charge in [-0.2, -0.15) is 0 Å². The number of urea groups is 1. The summed E-state index contributed by atoms with van der Waals surface area (Å²) in [4.78, 5) is 17.0. The van der Waals surface area contributed by atoms with Gasteiger partial charge in [0, 0.05) is 37.3 Å². The number of rotatable bonds is 2. The number of aliphatic hydroxyl groups is 1. The van der Waals surface area contributed by atoms with Gasteiger partial charge in [0.05, 0.1) is 25.4 Å². The highest BCUT2D eigenvalue weighted by Crippen LogP contribution is 2.52. The Labute approximate surface area is 177 Å². The molecule has 2 amide bonds. The first-order valence-corrected chi connectivity index (χ1v) is 10.9. The zero-order valence-electron chi connectivity index (χ0n) is 17.2. The molecule has 2 saturated heterocycles. The van der Waals surface area contributed by atoms with Crippen LogP contribution >= 0.6 is 0 Å². The van der Waals surface area contributed by atoms with E-state index in [9.17, 15) is 9.90 Å². The fraction of sp³-hybridized carbons (Fsp3) is 0.458. The molecule has 2 atom stereocenters. The average molecular weight is 408 g/mol. The quantitative estimate of drug-likeness (QED) is 0.803. The number of para-hydroxylation sites is 1. The predicted molar refractivity (Wildman–Crippen MR) is 116 cm³/mol. The Morgan fingerprint density at radius 3 is 2.37 bits per heavy atom. The molecule has 1 aliphatic carbocycles. The van der Waals surface area contributed by atoms with Crippen LogP contribution in [-0.4, -0.2) is 66.4 Å². The number of hydrogen-bond donors (Lipinski definition) is 2. The van der Waals surface area contributed by atoms with Crippen LogP contribution in [0.2, 0.25) is 0 Å². The largest absolute Gasteiger partial charge is 0.390 e. The third-order valence-corrected chi connectivity index (χ3v) is 7.09. The SMILES string of the molecule is O=C(Nc1ccccc1)N1CCC2(CC1)c1ccccc1[C@@H](N1CCOCC1)[C@@H]2O. The molecule has 6 heteroatoms. The summed E-state index contributed by atoms with van der Waals surface area (Å²) in [5, 5.41) is 14.6. The van der Waals surface area contributed by atoms with E-state index in [1.165, 1.54) is 11.1 Å². The lowest BCUT2D eigenvalue weighted by molar-refractivity contribution is -0.0467. The van der Waals surface area contributed by atoms with Crippen molar-refractivity contribution in [2.45, 2.75) is 30.4 Å². The third-order valence-electron chi connectivity index (χ3n) is 7.09. The normalized spacial score (nSPS) is 25.8. The number of amides is 2. The van der Waals surface area contributed by atoms with Gasteiger partial charge >= 0.3 is 6.03 Å². The van der Waals surface area contributed by atoms with Crippen molar-refractivity contribution < 1.29 is 14.6 Å². The molecule has 30 heavy (non-hydrogen) atoms. The van der Waals surface area contributed by atoms with Gasteiger partial charge in [0.2, 0.25) is 0 Å². The van der Waals surface area contributed by atoms with E-state index in [1.807, 2.05) is 35.2 Å². The van der Waals surface area contributed by atoms with E-state index in [0.717, 1.165) is 31.6 Å². The van der Waals surface area contributed by atoms with Gasteiger partial charge < -0.3 is 20.1 Å². The van der Waals surface area contributed by atoms with Crippen LogP contribution in [0.5, 0.6) is 0 Å². The number of benzene rings is 2. The Bertz CT molecular complexity index is 890. The minimum atomic E-state index is -0.465. The summed E-state index contributed by atoms with van der Waals surface area (Å²) in [6, 6.07) is 18.0. The Morgan fingerprint density at radius 2 is 1.63 bits per heavy atom. The first kappa shape index (κ1) is 19.5. The molecule has 2 aromatic carbocycles. The van der Waals surface area contributed by atoms with Crippen molar-refractivity contribution in [1.82, 2.24) is 9.80 Å². The van der Waals surface area contributed by atoms with Crippen LogP contribution in [0.4, 0.5) is 10.5 Å². The van der Waals surface area contributed by atoms with Crippen LogP contribution in [0.15, 0.2) is 54.6 Å². The van der Waals surface area contributed by atoms with Crippen LogP contribution in [0.3, 0.4) is 0 Å². The van der Waals surface area contributed by atoms with Crippen molar-refractivity contribution in [3.05, 3.63) is 65.7 Å². The fourth-order valence-electron chi connectivity index (χ4n) is 5.49. The number of hydrogen-bond acceptors (Lipinski definition) is 4. The molecule has 0 saturated carbocycles. The number of anilines is 1. The van der Waals surface area contributed by atoms with Crippen LogP contribution in [0, 0.1) is 0 Å². The van der Waals surface area contributed by atoms with Crippen molar-refractivity contribution in [1.29, 1.82) is 0 Å². The van der Waals surface area contributed by atoms with E-state index in [2.05, 4.69) is 34.5 Å². The number of piperidine rings is 1. The third kappa shape index (κ3) is 3.29. The number of nitrogens with one attached hydrogen (secondary N) is 1. The first-order valence-electron chi connectivity index (χ1n) is 10.9. The topological polar surface area (TPSA) is 65.0 Å². The van der Waals surface area contributed by atoms with Gasteiger partial charge in [0.1, 0.15) is 0 Å². The number of carbonyl (C=O) groups is 1. The highest BCUT2D eigenvalue weighted by atomic mass is 16.5. The second-order valence-corrected chi connectivity index (χ2v) is 8.56. The molecule has 2 fully saturated rings. The maximum absolute atomic E-state index is 12.7. The van der Waals surface area contributed by atoms with Crippen molar-refractivity contribution in [3.63, 3.8) is 0 Å². The van der Waals surface area contributed by atoms with E-state index in [-0.39, 0.29) is 17.5 Å². The molecule has 0 radical (unpaired) electrons. The lowest BCUT2D eigenvalue weighted by Gasteiger charge is -2.44. The molecule has 2 heterocycles. The molecule has 158 valence electrons. The molecule has 5 rings (SSSR count). The lowest BCUT2D eigenvalue weighted by Crippen LogP contribution is -2.52. The second kappa shape index (κ2) is 8.02. The number of morpholine rings is 1. The number of aliphatic hydroxyl groups excluding tert-OH is 1. The molecule has 0 aromatic heterocycles. The number of ether oxygens (including phenoxy) is 1. The van der Waals surface area contributed by atoms with E-state index >= 15 is 0 Å². The zero-order valence-corrected chi connectivity index (χ0v) is 17.2. The monoisotopic (exact) mass is 407 g/mol. The van der Waals surface area contributed by atoms with Crippen LogP contribution in [-0.2, 0) is 10.2 Å². The van der Waals surface area contributed by atoms with Crippen molar-refractivity contribution in [2.75, 3.05) is 44.7 Å². The fourth-order valence-corrected chi connectivity index (χ4v) is 5.49. The van der Waals surface area contributed by atoms with E-state index in [1.54, 1.807) is 0 Å². The lowest BCUT2D eigenvalue weighted by atomic mass is 9.72. The zero-order chi connectivity index (χ0) is 20.6. The number of fused-ring (bicyclic) bond motifs is 2. The number of nitrogens with zero attached hydrogens (tertiary/aromatic N) is 2. The van der Waals surface area contributed by atoms with Gasteiger partial charge in [0.15, 0.2) is 0 Å². The highest BCUT2D eigenvalue weighted by Gasteiger charge is 2.54. The Kier molecular flexibility index (Phi) is 5.23. The van der Waals surface area contributed by atoms with Crippen LogP contribution < -0.4 is 5.32 Å². The smallest absolute Gasteiger partial charge is 0.321 e. The van der Waals surface area contributed by atoms with Crippen molar-refractivity contribution in [3.8, 4) is 0 Å². The summed E-state index contributed by atoms with van der Waals surface area (Å²) in [6.45, 7) is 4.40. The van der Waals surface area contributed by atoms with Gasteiger partial charge in [-0.05, 0) is 36.1 Å². The first-order chi connectivity index (χ1) is 14.7. The van der Waals surface area contributed by atoms with Gasteiger partial charge in [0.25, 0.3) is 0 Å². The van der Waals surface area contributed by atoms with E-state index < -0.39 is 6.10 Å². The maximum atomic E-state index is 12.7. The summed E-state index contributed by atoms with van der Waals surface area (Å²) >= 11 is 0. The molecule has 0 bridgehead atoms. The molecule has 6 nitrogen and oxygen atoms in total. The molecular weight excluding hydrogens is 378 g/mol. The predicted octanol–water partition coefficient (Wildman–Crippen LogP) is 3.00. The highest BCUT2D eigenvalue weighted by molar-refractivity contribution is 5.89. The Morgan fingerprint density at radius 1 is 0.967 bits per heavy atom. The van der Waals surface area contributed by atoms with Gasteiger partial charge in [-0.3, -0.25) is 4.90 Å². The molecule has 0 unspecified atom stereocenters. The van der Waals surface area contributed by atoms with Gasteiger partial charge in [-0.1, -0.05) is 42.5 Å². The molecule has 2 aliphatic heterocycles. The minimum absolute atomic E-state index is 0.00907. The Balaban J connectivity index is 1.34. The maximum Gasteiger partial charge on any atom is 0.321 e. The van der Waals surface area contributed by atoms with E-state index in [4.69, 9.17) is 4.74 Å². The summed E-state index contributed by atoms with van der Waals surface area (Å²) in [5.41, 5.74) is 3.02. The molecule has 1 spiro atoms. The van der Waals surface area contributed by atoms with Gasteiger partial charge in [-0.25, -0.2) is 4.79 Å². The van der Waals surface area contributed by atoms with E-state index in [0.29, 0.717) is 26.3 Å². The minimum Gasteiger partial charge on any atom is -0.390 e. The van der Waals surface area contributed by atoms with Crippen molar-refractivity contribution >= 4 is 11.7 Å². The standard InChI is InChI=1S/C24H29N3O3/c28-22-21(26-14-16-30-17-15-26)19-8-4-5-9-20(19)24(22)10-12-27(13-11-24)23(29)25-18-6-2-1-3-7-18/h1-9,21-22,28H,10-17H2,(H,25,29)/t21-,22+/m1/s1. The van der Waals surface area contributed by atoms with Gasteiger partial charge in [-0.15, -0.1) is 0 Å². The molecule has 2 N–H and O–H groups in total. The molecular formula is C24H29N3O3. The summed E-state index contributed by atoms with van der Waals surface area (Å²) in [5.74, 6) is 0.